The van der Waals surface area contributed by atoms with E-state index in [1.165, 1.54) is 0 Å². The Bertz CT molecular complexity index is 1780. The van der Waals surface area contributed by atoms with E-state index in [-0.39, 0.29) is 18.2 Å². The number of nitrogens with zero attached hydrogens (tertiary/aromatic N) is 4. The predicted molar refractivity (Wildman–Crippen MR) is 185 cm³/mol. The number of benzene rings is 3. The summed E-state index contributed by atoms with van der Waals surface area (Å²) in [5, 5.41) is 14.0. The maximum Gasteiger partial charge on any atom is 0.226 e. The van der Waals surface area contributed by atoms with Crippen LogP contribution in [0.5, 0.6) is 5.75 Å². The van der Waals surface area contributed by atoms with Crippen molar-refractivity contribution in [2.24, 2.45) is 21.1 Å². The third-order valence-electron chi connectivity index (χ3n) is 8.39. The highest BCUT2D eigenvalue weighted by Crippen LogP contribution is 2.35. The molecule has 7 nitrogen and oxygen atoms in total. The number of rotatable bonds is 8. The molecule has 0 fully saturated rings. The molecular formula is C37H40ClN5O2. The monoisotopic (exact) mass is 621 g/mol. The molecule has 2 unspecified atom stereocenters. The van der Waals surface area contributed by atoms with Crippen molar-refractivity contribution < 1.29 is 9.53 Å². The average molecular weight is 622 g/mol. The summed E-state index contributed by atoms with van der Waals surface area (Å²) in [5.74, 6) is 0.833. The van der Waals surface area contributed by atoms with Gasteiger partial charge in [-0.25, -0.2) is 0 Å². The molecule has 2 atom stereocenters. The zero-order valence-electron chi connectivity index (χ0n) is 26.6. The van der Waals surface area contributed by atoms with Crippen LogP contribution in [0, 0.1) is 12.8 Å². The van der Waals surface area contributed by atoms with Gasteiger partial charge in [0.25, 0.3) is 0 Å². The summed E-state index contributed by atoms with van der Waals surface area (Å²) in [7, 11) is 1.67. The second-order valence-corrected chi connectivity index (χ2v) is 12.1. The number of methoxy groups -OCH3 is 1. The van der Waals surface area contributed by atoms with Crippen LogP contribution in [-0.4, -0.2) is 41.7 Å². The molecule has 0 saturated carbocycles. The number of hydrogen-bond donors (Lipinski definition) is 1. The molecule has 1 amide bonds. The Balaban J connectivity index is 1.46. The van der Waals surface area contributed by atoms with Gasteiger partial charge in [0.15, 0.2) is 0 Å². The van der Waals surface area contributed by atoms with Crippen molar-refractivity contribution in [3.05, 3.63) is 106 Å². The molecule has 0 spiro atoms. The van der Waals surface area contributed by atoms with E-state index < -0.39 is 6.04 Å². The van der Waals surface area contributed by atoms with E-state index in [9.17, 15) is 4.79 Å². The summed E-state index contributed by atoms with van der Waals surface area (Å²) in [4.78, 5) is 23.2. The Morgan fingerprint density at radius 1 is 1.00 bits per heavy atom. The molecule has 3 aromatic carbocycles. The fraction of sp³-hybridized carbons (Fsp3) is 0.324. The van der Waals surface area contributed by atoms with Gasteiger partial charge < -0.3 is 10.1 Å². The fourth-order valence-electron chi connectivity index (χ4n) is 5.67. The number of carbonyl (C=O) groups excluding carboxylic acids is 1. The molecule has 1 aromatic heterocycles. The predicted octanol–water partition coefficient (Wildman–Crippen LogP) is 7.90. The van der Waals surface area contributed by atoms with E-state index in [0.717, 1.165) is 63.0 Å². The van der Waals surface area contributed by atoms with Gasteiger partial charge in [0.1, 0.15) is 11.8 Å². The van der Waals surface area contributed by atoms with Crippen molar-refractivity contribution in [3.8, 4) is 5.75 Å². The number of amides is 1. The van der Waals surface area contributed by atoms with Gasteiger partial charge in [-0.05, 0) is 104 Å². The summed E-state index contributed by atoms with van der Waals surface area (Å²) in [6.07, 6.45) is 4.35. The lowest BCUT2D eigenvalue weighted by atomic mass is 9.87. The minimum absolute atomic E-state index is 0.0725. The molecule has 0 saturated heterocycles. The zero-order chi connectivity index (χ0) is 31.9. The summed E-state index contributed by atoms with van der Waals surface area (Å²) < 4.78 is 5.65. The van der Waals surface area contributed by atoms with Crippen LogP contribution in [0.1, 0.15) is 67.5 Å². The molecule has 232 valence electrons. The molecule has 4 aromatic rings. The second-order valence-electron chi connectivity index (χ2n) is 11.6. The van der Waals surface area contributed by atoms with Crippen LogP contribution in [0.3, 0.4) is 0 Å². The van der Waals surface area contributed by atoms with Gasteiger partial charge in [-0.3, -0.25) is 14.8 Å². The Morgan fingerprint density at radius 2 is 1.80 bits per heavy atom. The lowest BCUT2D eigenvalue weighted by Crippen LogP contribution is -2.30. The van der Waals surface area contributed by atoms with Crippen LogP contribution in [0.25, 0.3) is 10.9 Å². The van der Waals surface area contributed by atoms with Crippen LogP contribution in [0.15, 0.2) is 88.1 Å². The number of carbonyl (C=O) groups is 1. The summed E-state index contributed by atoms with van der Waals surface area (Å²) >= 11 is 6.28. The third-order valence-corrected chi connectivity index (χ3v) is 8.64. The van der Waals surface area contributed by atoms with Gasteiger partial charge in [0.2, 0.25) is 5.91 Å². The molecule has 0 bridgehead atoms. The summed E-state index contributed by atoms with van der Waals surface area (Å²) in [6, 6.07) is 21.9. The molecule has 5 rings (SSSR count). The molecule has 0 radical (unpaired) electrons. The highest BCUT2D eigenvalue weighted by Gasteiger charge is 2.24. The Labute approximate surface area is 270 Å². The number of hydrogen-bond acceptors (Lipinski definition) is 6. The Morgan fingerprint density at radius 3 is 2.56 bits per heavy atom. The van der Waals surface area contributed by atoms with Crippen molar-refractivity contribution >= 4 is 45.5 Å². The van der Waals surface area contributed by atoms with Crippen LogP contribution < -0.4 is 10.1 Å². The Kier molecular flexibility index (Phi) is 10.4. The molecular weight excluding hydrogens is 582 g/mol. The minimum atomic E-state index is -0.398. The molecule has 45 heavy (non-hydrogen) atoms. The lowest BCUT2D eigenvalue weighted by Gasteiger charge is -2.22. The average Bonchev–Trinajstić information content (AvgIpc) is 3.06. The molecule has 2 heterocycles. The van der Waals surface area contributed by atoms with Gasteiger partial charge in [0, 0.05) is 34.8 Å². The van der Waals surface area contributed by atoms with Gasteiger partial charge in [-0.1, -0.05) is 48.9 Å². The second kappa shape index (κ2) is 14.6. The van der Waals surface area contributed by atoms with Crippen LogP contribution in [0.2, 0.25) is 5.02 Å². The first kappa shape index (κ1) is 32.0. The maximum atomic E-state index is 13.4. The van der Waals surface area contributed by atoms with Gasteiger partial charge in [0.05, 0.1) is 30.5 Å². The highest BCUT2D eigenvalue weighted by molar-refractivity contribution is 6.44. The van der Waals surface area contributed by atoms with Crippen molar-refractivity contribution in [3.63, 3.8) is 0 Å². The van der Waals surface area contributed by atoms with Crippen molar-refractivity contribution in [2.45, 2.75) is 59.4 Å². The quantitative estimate of drug-likeness (QED) is 0.217. The van der Waals surface area contributed by atoms with E-state index in [4.69, 9.17) is 21.3 Å². The molecule has 0 aliphatic carbocycles. The van der Waals surface area contributed by atoms with Gasteiger partial charge in [-0.15, -0.1) is 0 Å². The SMILES string of the molecule is CCC1Cc2ccc(OC)cc2C(c2ccc(Cl)cc2)N=C(CC(=O)NCCc2ccc3cc(C)cnc3c2)/C(C)=N\N=C\1C. The van der Waals surface area contributed by atoms with Crippen LogP contribution >= 0.6 is 11.6 Å². The minimum Gasteiger partial charge on any atom is -0.497 e. The topological polar surface area (TPSA) is 88.3 Å². The van der Waals surface area contributed by atoms with Crippen LogP contribution in [0.4, 0.5) is 0 Å². The first-order valence-electron chi connectivity index (χ1n) is 15.4. The maximum absolute atomic E-state index is 13.4. The first-order chi connectivity index (χ1) is 21.7. The number of aryl methyl sites for hydroxylation is 1. The molecule has 8 heteroatoms. The summed E-state index contributed by atoms with van der Waals surface area (Å²) in [5.41, 5.74) is 8.49. The number of ether oxygens (including phenoxy) is 1. The smallest absolute Gasteiger partial charge is 0.226 e. The lowest BCUT2D eigenvalue weighted by molar-refractivity contribution is -0.119. The third kappa shape index (κ3) is 8.03. The van der Waals surface area contributed by atoms with Crippen molar-refractivity contribution in [1.29, 1.82) is 0 Å². The van der Waals surface area contributed by atoms with Gasteiger partial charge in [-0.2, -0.15) is 10.2 Å². The van der Waals surface area contributed by atoms with E-state index in [2.05, 4.69) is 63.8 Å². The number of aromatic nitrogens is 1. The number of pyridine rings is 1. The normalized spacial score (nSPS) is 19.3. The first-order valence-corrected chi connectivity index (χ1v) is 15.8. The number of nitrogens with one attached hydrogen (secondary N) is 1. The van der Waals surface area contributed by atoms with Crippen molar-refractivity contribution in [2.75, 3.05) is 13.7 Å². The van der Waals surface area contributed by atoms with Gasteiger partial charge >= 0.3 is 0 Å². The van der Waals surface area contributed by atoms with E-state index in [1.807, 2.05) is 57.3 Å². The van der Waals surface area contributed by atoms with E-state index >= 15 is 0 Å². The van der Waals surface area contributed by atoms with Crippen LogP contribution in [-0.2, 0) is 17.6 Å². The standard InChI is InChI=1S/C37H40ClN5O2/c1-6-27-19-29-11-14-32(45-5)20-33(29)37(28-9-12-31(38)13-10-28)41-34(25(4)43-42-24(27)3)21-36(44)39-16-15-26-7-8-30-17-23(2)22-40-35(30)18-26/h7-14,17-18,20,22,27,37H,6,15-16,19,21H2,1-5H3,(H,39,44)/b41-34?,42-24+,43-25-. The molecule has 1 aliphatic rings. The zero-order valence-corrected chi connectivity index (χ0v) is 27.4. The molecule has 1 N–H and O–H groups in total. The Hall–Kier alpha value is -4.36. The summed E-state index contributed by atoms with van der Waals surface area (Å²) in [6.45, 7) is 8.60. The fourth-order valence-corrected chi connectivity index (χ4v) is 5.80. The number of halogens is 1. The van der Waals surface area contributed by atoms with Crippen molar-refractivity contribution in [1.82, 2.24) is 10.3 Å². The number of fused-ring (bicyclic) bond motifs is 2. The largest absolute Gasteiger partial charge is 0.497 e. The van der Waals surface area contributed by atoms with E-state index in [0.29, 0.717) is 29.4 Å². The highest BCUT2D eigenvalue weighted by atomic mass is 35.5. The number of aliphatic imine (C=N–C) groups is 1. The van der Waals surface area contributed by atoms with E-state index in [1.54, 1.807) is 7.11 Å². The molecule has 1 aliphatic heterocycles.